The van der Waals surface area contributed by atoms with Gasteiger partial charge in [0.05, 0.1) is 0 Å². The number of hydrogen-bond donors (Lipinski definition) is 1. The van der Waals surface area contributed by atoms with E-state index in [9.17, 15) is 4.79 Å². The molecule has 0 unspecified atom stereocenters. The summed E-state index contributed by atoms with van der Waals surface area (Å²) in [5.74, 6) is 0.585. The molecule has 0 bridgehead atoms. The Labute approximate surface area is 115 Å². The molecule has 1 fully saturated rings. The zero-order valence-electron chi connectivity index (χ0n) is 11.6. The number of para-hydroxylation sites is 1. The van der Waals surface area contributed by atoms with Crippen LogP contribution in [0.3, 0.4) is 0 Å². The molecule has 19 heavy (non-hydrogen) atoms. The van der Waals surface area contributed by atoms with Crippen molar-refractivity contribution in [2.45, 2.75) is 38.6 Å². The summed E-state index contributed by atoms with van der Waals surface area (Å²) in [6.45, 7) is 4.12. The van der Waals surface area contributed by atoms with Gasteiger partial charge >= 0.3 is 0 Å². The Kier molecular flexibility index (Phi) is 3.45. The van der Waals surface area contributed by atoms with Crippen LogP contribution in [0.25, 0.3) is 0 Å². The maximum atomic E-state index is 11.5. The smallest absolute Gasteiger partial charge is 0.223 e. The Morgan fingerprint density at radius 3 is 2.95 bits per heavy atom. The van der Waals surface area contributed by atoms with Gasteiger partial charge in [0.25, 0.3) is 0 Å². The van der Waals surface area contributed by atoms with E-state index in [0.717, 1.165) is 38.8 Å². The molecule has 1 atom stereocenters. The van der Waals surface area contributed by atoms with Crippen molar-refractivity contribution in [3.8, 4) is 0 Å². The average Bonchev–Trinajstić information content (AvgIpc) is 3.20. The fourth-order valence-corrected chi connectivity index (χ4v) is 2.92. The Balaban J connectivity index is 1.48. The highest BCUT2D eigenvalue weighted by atomic mass is 16.2. The molecule has 1 N–H and O–H groups in total. The van der Waals surface area contributed by atoms with Gasteiger partial charge < -0.3 is 10.2 Å². The molecule has 0 saturated heterocycles. The predicted molar refractivity (Wildman–Crippen MR) is 77.3 cm³/mol. The van der Waals surface area contributed by atoms with Crippen molar-refractivity contribution in [1.29, 1.82) is 0 Å². The maximum absolute atomic E-state index is 11.5. The number of amides is 1. The molecule has 1 amide bonds. The van der Waals surface area contributed by atoms with Crippen molar-refractivity contribution >= 4 is 11.6 Å². The molecule has 1 saturated carbocycles. The molecule has 0 aromatic heterocycles. The number of carbonyl (C=O) groups is 1. The second kappa shape index (κ2) is 5.24. The Morgan fingerprint density at radius 2 is 2.16 bits per heavy atom. The van der Waals surface area contributed by atoms with Crippen LogP contribution in [0, 0.1) is 5.92 Å². The minimum atomic E-state index is 0.259. The van der Waals surface area contributed by atoms with Crippen molar-refractivity contribution in [3.63, 3.8) is 0 Å². The summed E-state index contributed by atoms with van der Waals surface area (Å²) >= 11 is 0. The first-order chi connectivity index (χ1) is 9.25. The average molecular weight is 258 g/mol. The molecular formula is C16H22N2O. The van der Waals surface area contributed by atoms with Gasteiger partial charge in [-0.2, -0.15) is 0 Å². The molecule has 0 spiro atoms. The summed E-state index contributed by atoms with van der Waals surface area (Å²) in [7, 11) is 0. The van der Waals surface area contributed by atoms with E-state index in [4.69, 9.17) is 0 Å². The lowest BCUT2D eigenvalue weighted by atomic mass is 10.1. The number of nitrogens with one attached hydrogen (secondary N) is 1. The number of nitrogens with zero attached hydrogens (tertiary/aromatic N) is 1. The third-order valence-electron chi connectivity index (χ3n) is 4.17. The summed E-state index contributed by atoms with van der Waals surface area (Å²) in [6, 6.07) is 9.24. The van der Waals surface area contributed by atoms with Crippen LogP contribution in [-0.4, -0.2) is 25.0 Å². The van der Waals surface area contributed by atoms with Crippen LogP contribution in [0.4, 0.5) is 5.69 Å². The molecule has 2 aliphatic rings. The van der Waals surface area contributed by atoms with E-state index in [2.05, 4.69) is 41.4 Å². The summed E-state index contributed by atoms with van der Waals surface area (Å²) in [5, 5.41) is 3.04. The predicted octanol–water partition coefficient (Wildman–Crippen LogP) is 2.35. The highest BCUT2D eigenvalue weighted by Crippen LogP contribution is 2.31. The largest absolute Gasteiger partial charge is 0.368 e. The van der Waals surface area contributed by atoms with Gasteiger partial charge in [0.15, 0.2) is 0 Å². The normalized spacial score (nSPS) is 21.3. The Hall–Kier alpha value is -1.51. The van der Waals surface area contributed by atoms with Crippen molar-refractivity contribution in [2.24, 2.45) is 5.92 Å². The van der Waals surface area contributed by atoms with Crippen LogP contribution < -0.4 is 10.2 Å². The fourth-order valence-electron chi connectivity index (χ4n) is 2.92. The molecule has 3 rings (SSSR count). The second-order valence-electron chi connectivity index (χ2n) is 5.79. The van der Waals surface area contributed by atoms with E-state index in [1.54, 1.807) is 0 Å². The Morgan fingerprint density at radius 1 is 1.37 bits per heavy atom. The minimum absolute atomic E-state index is 0.259. The van der Waals surface area contributed by atoms with Crippen molar-refractivity contribution < 1.29 is 4.79 Å². The van der Waals surface area contributed by atoms with Gasteiger partial charge in [0.1, 0.15) is 0 Å². The second-order valence-corrected chi connectivity index (χ2v) is 5.79. The van der Waals surface area contributed by atoms with Gasteiger partial charge in [-0.15, -0.1) is 0 Å². The number of anilines is 1. The van der Waals surface area contributed by atoms with Crippen LogP contribution in [0.5, 0.6) is 0 Å². The zero-order valence-corrected chi connectivity index (χ0v) is 11.6. The quantitative estimate of drug-likeness (QED) is 0.822. The van der Waals surface area contributed by atoms with Gasteiger partial charge in [-0.3, -0.25) is 4.79 Å². The lowest BCUT2D eigenvalue weighted by molar-refractivity contribution is -0.122. The maximum Gasteiger partial charge on any atom is 0.223 e. The van der Waals surface area contributed by atoms with Gasteiger partial charge in [0, 0.05) is 30.7 Å². The van der Waals surface area contributed by atoms with E-state index < -0.39 is 0 Å². The number of rotatable bonds is 5. The lowest BCUT2D eigenvalue weighted by Gasteiger charge is -2.24. The summed E-state index contributed by atoms with van der Waals surface area (Å²) in [6.07, 6.45) is 4.34. The van der Waals surface area contributed by atoms with Crippen LogP contribution >= 0.6 is 0 Å². The van der Waals surface area contributed by atoms with Gasteiger partial charge in [-0.25, -0.2) is 0 Å². The summed E-state index contributed by atoms with van der Waals surface area (Å²) < 4.78 is 0. The van der Waals surface area contributed by atoms with Gasteiger partial charge in [-0.05, 0) is 44.2 Å². The molecule has 1 aromatic carbocycles. The molecule has 1 aliphatic carbocycles. The van der Waals surface area contributed by atoms with Gasteiger partial charge in [0.2, 0.25) is 5.91 Å². The fraction of sp³-hybridized carbons (Fsp3) is 0.562. The van der Waals surface area contributed by atoms with E-state index >= 15 is 0 Å². The first kappa shape index (κ1) is 12.5. The van der Waals surface area contributed by atoms with Crippen LogP contribution in [0.15, 0.2) is 24.3 Å². The lowest BCUT2D eigenvalue weighted by Crippen LogP contribution is -2.33. The molecule has 1 aromatic rings. The van der Waals surface area contributed by atoms with Gasteiger partial charge in [-0.1, -0.05) is 18.2 Å². The van der Waals surface area contributed by atoms with Crippen molar-refractivity contribution in [2.75, 3.05) is 18.0 Å². The number of carbonyl (C=O) groups excluding carboxylic acids is 1. The van der Waals surface area contributed by atoms with E-state index in [1.165, 1.54) is 11.3 Å². The number of benzene rings is 1. The molecular weight excluding hydrogens is 236 g/mol. The monoisotopic (exact) mass is 258 g/mol. The molecule has 102 valence electrons. The van der Waals surface area contributed by atoms with Crippen molar-refractivity contribution in [3.05, 3.63) is 29.8 Å². The van der Waals surface area contributed by atoms with Crippen LogP contribution in [0.2, 0.25) is 0 Å². The minimum Gasteiger partial charge on any atom is -0.368 e. The third kappa shape index (κ3) is 2.75. The zero-order chi connectivity index (χ0) is 13.2. The van der Waals surface area contributed by atoms with Crippen LogP contribution in [0.1, 0.15) is 31.7 Å². The molecule has 1 heterocycles. The van der Waals surface area contributed by atoms with E-state index in [0.29, 0.717) is 12.0 Å². The number of hydrogen-bond acceptors (Lipinski definition) is 2. The third-order valence-corrected chi connectivity index (χ3v) is 4.17. The summed E-state index contributed by atoms with van der Waals surface area (Å²) in [4.78, 5) is 14.0. The molecule has 0 radical (unpaired) electrons. The molecule has 3 nitrogen and oxygen atoms in total. The first-order valence-corrected chi connectivity index (χ1v) is 7.38. The standard InChI is InChI=1S/C16H22N2O/c1-12-11-14-5-2-3-6-15(14)18(12)10-4-9-17-16(19)13-7-8-13/h2-3,5-6,12-13H,4,7-11H2,1H3,(H,17,19)/t12-/m1/s1. The van der Waals surface area contributed by atoms with Crippen LogP contribution in [-0.2, 0) is 11.2 Å². The van der Waals surface area contributed by atoms with Crippen molar-refractivity contribution in [1.82, 2.24) is 5.32 Å². The first-order valence-electron chi connectivity index (χ1n) is 7.38. The topological polar surface area (TPSA) is 32.3 Å². The Bertz CT molecular complexity index is 468. The molecule has 1 aliphatic heterocycles. The SMILES string of the molecule is C[C@@H]1Cc2ccccc2N1CCCNC(=O)C1CC1. The number of fused-ring (bicyclic) bond motifs is 1. The van der Waals surface area contributed by atoms with E-state index in [-0.39, 0.29) is 5.91 Å². The molecule has 3 heteroatoms. The highest BCUT2D eigenvalue weighted by Gasteiger charge is 2.29. The highest BCUT2D eigenvalue weighted by molar-refractivity contribution is 5.80. The van der Waals surface area contributed by atoms with E-state index in [1.807, 2.05) is 0 Å². The summed E-state index contributed by atoms with van der Waals surface area (Å²) in [5.41, 5.74) is 2.83.